The van der Waals surface area contributed by atoms with Gasteiger partial charge in [-0.1, -0.05) is 8.01 Å². The Kier molecular flexibility index (Phi) is 3.65. The second-order valence-corrected chi connectivity index (χ2v) is 6.88. The molecule has 1 aliphatic rings. The van der Waals surface area contributed by atoms with E-state index in [2.05, 4.69) is 0 Å². The molecule has 0 aromatic heterocycles. The van der Waals surface area contributed by atoms with Gasteiger partial charge in [-0.2, -0.15) is 8.42 Å². The van der Waals surface area contributed by atoms with Gasteiger partial charge < -0.3 is 0 Å². The van der Waals surface area contributed by atoms with Crippen molar-refractivity contribution >= 4 is 37.9 Å². The van der Waals surface area contributed by atoms with Gasteiger partial charge in [0.25, 0.3) is 21.8 Å². The number of rotatable bonds is 4. The van der Waals surface area contributed by atoms with Crippen molar-refractivity contribution in [2.45, 2.75) is 4.90 Å². The van der Waals surface area contributed by atoms with Crippen LogP contribution in [0.4, 0.5) is 9.57 Å². The van der Waals surface area contributed by atoms with E-state index in [9.17, 15) is 30.3 Å². The quantitative estimate of drug-likeness (QED) is 0.592. The highest BCUT2D eigenvalue weighted by Gasteiger charge is 2.26. The van der Waals surface area contributed by atoms with Gasteiger partial charge in [-0.3, -0.25) is 9.59 Å². The average molecular weight is 334 g/mol. The third-order valence-corrected chi connectivity index (χ3v) is 4.99. The largest absolute Gasteiger partial charge is 0.385 e. The minimum absolute atomic E-state index is 0.0945. The number of hydrogen-bond donors (Lipinski definition) is 1. The molecule has 11 heteroatoms. The molecule has 0 spiro atoms. The van der Waals surface area contributed by atoms with E-state index < -0.39 is 37.1 Å². The van der Waals surface area contributed by atoms with Gasteiger partial charge in [0.2, 0.25) is 0 Å². The van der Waals surface area contributed by atoms with Gasteiger partial charge in [-0.05, 0) is 24.3 Å². The number of carbonyl (C=O) groups is 2. The summed E-state index contributed by atoms with van der Waals surface area (Å²) in [4.78, 5) is 23.1. The van der Waals surface area contributed by atoms with E-state index in [0.717, 1.165) is 45.4 Å². The normalized spacial score (nSPS) is 15.8. The van der Waals surface area contributed by atoms with Crippen LogP contribution < -0.4 is 9.03 Å². The molecule has 1 heterocycles. The van der Waals surface area contributed by atoms with E-state index in [1.807, 2.05) is 0 Å². The van der Waals surface area contributed by atoms with Gasteiger partial charge >= 0.3 is 10.4 Å². The van der Waals surface area contributed by atoms with Crippen LogP contribution in [0.25, 0.3) is 0 Å². The van der Waals surface area contributed by atoms with Gasteiger partial charge in [-0.25, -0.2) is 13.3 Å². The van der Waals surface area contributed by atoms with Crippen molar-refractivity contribution in [3.05, 3.63) is 36.4 Å². The van der Waals surface area contributed by atoms with Gasteiger partial charge in [-0.15, -0.1) is 0 Å². The zero-order valence-electron chi connectivity index (χ0n) is 10.1. The zero-order chi connectivity index (χ0) is 15.8. The monoisotopic (exact) mass is 334 g/mol. The lowest BCUT2D eigenvalue weighted by molar-refractivity contribution is -0.119. The van der Waals surface area contributed by atoms with Crippen LogP contribution in [-0.2, 0) is 30.0 Å². The van der Waals surface area contributed by atoms with Crippen molar-refractivity contribution in [3.8, 4) is 0 Å². The smallest absolute Gasteiger partial charge is 0.269 e. The number of nitrogens with zero attached hydrogens (tertiary/aromatic N) is 1. The molecule has 0 aliphatic carbocycles. The minimum Gasteiger partial charge on any atom is -0.269 e. The van der Waals surface area contributed by atoms with E-state index in [1.54, 1.807) is 0 Å². The first-order valence-electron chi connectivity index (χ1n) is 5.24. The van der Waals surface area contributed by atoms with Gasteiger partial charge in [0.05, 0.1) is 10.6 Å². The lowest BCUT2D eigenvalue weighted by Gasteiger charge is -2.14. The van der Waals surface area contributed by atoms with Crippen molar-refractivity contribution in [2.75, 3.05) is 4.90 Å². The summed E-state index contributed by atoms with van der Waals surface area (Å²) in [7, 11) is -10.0. The van der Waals surface area contributed by atoms with Gasteiger partial charge in [0.1, 0.15) is 0 Å². The molecule has 0 saturated carbocycles. The first-order valence-corrected chi connectivity index (χ1v) is 8.11. The summed E-state index contributed by atoms with van der Waals surface area (Å²) in [5.74, 6) is -1.19. The third kappa shape index (κ3) is 3.32. The summed E-state index contributed by atoms with van der Waals surface area (Å²) in [6.45, 7) is 0. The van der Waals surface area contributed by atoms with Crippen LogP contribution in [0.2, 0.25) is 0 Å². The maximum atomic E-state index is 12.4. The lowest BCUT2D eigenvalue weighted by atomic mass is 10.3. The van der Waals surface area contributed by atoms with Crippen molar-refractivity contribution in [1.82, 2.24) is 4.13 Å². The van der Waals surface area contributed by atoms with Crippen molar-refractivity contribution in [1.29, 1.82) is 0 Å². The molecule has 1 N–H and O–H groups in total. The maximum Gasteiger partial charge on any atom is 0.385 e. The van der Waals surface area contributed by atoms with E-state index in [1.165, 1.54) is 0 Å². The first-order chi connectivity index (χ1) is 9.60. The summed E-state index contributed by atoms with van der Waals surface area (Å²) < 4.78 is 56.9. The lowest BCUT2D eigenvalue weighted by Crippen LogP contribution is -2.30. The van der Waals surface area contributed by atoms with Crippen molar-refractivity contribution in [2.24, 2.45) is 0 Å². The first kappa shape index (κ1) is 15.3. The molecule has 0 bridgehead atoms. The Balaban J connectivity index is 2.32. The highest BCUT2D eigenvalue weighted by molar-refractivity contribution is 8.02. The Morgan fingerprint density at radius 1 is 0.905 bits per heavy atom. The number of benzene rings is 1. The average Bonchev–Trinajstić information content (AvgIpc) is 2.66. The predicted octanol–water partition coefficient (Wildman–Crippen LogP) is -0.391. The second-order valence-electron chi connectivity index (χ2n) is 3.86. The molecule has 8 nitrogen and oxygen atoms in total. The number of hydrogen-bond acceptors (Lipinski definition) is 6. The number of amides is 2. The van der Waals surface area contributed by atoms with E-state index in [4.69, 9.17) is 0 Å². The molecular formula is C10H7FN2O6S2. The Morgan fingerprint density at radius 3 is 1.81 bits per heavy atom. The number of nitrogens with one attached hydrogen (secondary N) is 1. The van der Waals surface area contributed by atoms with Crippen molar-refractivity contribution in [3.63, 3.8) is 0 Å². The van der Waals surface area contributed by atoms with Crippen LogP contribution in [0.5, 0.6) is 0 Å². The molecule has 0 unspecified atom stereocenters. The molecular weight excluding hydrogens is 327 g/mol. The van der Waals surface area contributed by atoms with Crippen LogP contribution in [0.3, 0.4) is 0 Å². The van der Waals surface area contributed by atoms with Crippen LogP contribution in [0.15, 0.2) is 41.3 Å². The standard InChI is InChI=1S/C10H7FN2O6S2/c11-21(18,19)12-20(16,17)8-3-1-7(2-4-8)13-9(14)5-6-10(13)15/h1-6,12H. The Hall–Kier alpha value is -2.11. The second kappa shape index (κ2) is 5.02. The molecule has 112 valence electrons. The fourth-order valence-corrected chi connectivity index (χ4v) is 3.54. The molecule has 1 aromatic rings. The summed E-state index contributed by atoms with van der Waals surface area (Å²) in [5, 5.41) is 0. The van der Waals surface area contributed by atoms with Crippen LogP contribution in [-0.4, -0.2) is 28.6 Å². The minimum atomic E-state index is -5.44. The highest BCUT2D eigenvalue weighted by Crippen LogP contribution is 2.21. The number of carbonyl (C=O) groups excluding carboxylic acids is 2. The van der Waals surface area contributed by atoms with Gasteiger partial charge in [0.15, 0.2) is 0 Å². The molecule has 0 fully saturated rings. The molecule has 21 heavy (non-hydrogen) atoms. The number of halogens is 1. The number of sulfonamides is 1. The Morgan fingerprint density at radius 2 is 1.38 bits per heavy atom. The topological polar surface area (TPSA) is 118 Å². The Bertz CT molecular complexity index is 824. The van der Waals surface area contributed by atoms with E-state index >= 15 is 0 Å². The van der Waals surface area contributed by atoms with Crippen LogP contribution >= 0.6 is 0 Å². The number of anilines is 1. The predicted molar refractivity (Wildman–Crippen MR) is 68.4 cm³/mol. The molecule has 0 atom stereocenters. The summed E-state index contributed by atoms with van der Waals surface area (Å²) >= 11 is 0. The maximum absolute atomic E-state index is 12.4. The summed E-state index contributed by atoms with van der Waals surface area (Å²) in [5.41, 5.74) is 0.0945. The fourth-order valence-electron chi connectivity index (χ4n) is 1.61. The molecule has 1 aliphatic heterocycles. The molecule has 1 aromatic carbocycles. The summed E-state index contributed by atoms with van der Waals surface area (Å²) in [6, 6.07) is 4.09. The summed E-state index contributed by atoms with van der Waals surface area (Å²) in [6.07, 6.45) is 2.09. The van der Waals surface area contributed by atoms with E-state index in [-0.39, 0.29) is 5.69 Å². The van der Waals surface area contributed by atoms with E-state index in [0.29, 0.717) is 0 Å². The molecule has 2 amide bonds. The Labute approximate surface area is 119 Å². The van der Waals surface area contributed by atoms with Gasteiger partial charge in [0, 0.05) is 12.2 Å². The van der Waals surface area contributed by atoms with Crippen molar-refractivity contribution < 1.29 is 30.3 Å². The molecule has 0 saturated heterocycles. The number of imide groups is 1. The zero-order valence-corrected chi connectivity index (χ0v) is 11.7. The molecule has 2 rings (SSSR count). The van der Waals surface area contributed by atoms with Crippen LogP contribution in [0, 0.1) is 0 Å². The fraction of sp³-hybridized carbons (Fsp3) is 0. The third-order valence-electron chi connectivity index (χ3n) is 2.42. The SMILES string of the molecule is O=C1C=CC(=O)N1c1ccc(S(=O)(=O)NS(=O)(=O)F)cc1. The van der Waals surface area contributed by atoms with Crippen LogP contribution in [0.1, 0.15) is 0 Å². The molecule has 0 radical (unpaired) electrons. The highest BCUT2D eigenvalue weighted by atomic mass is 32.3.